The number of nitrogens with one attached hydrogen (secondary N) is 2. The monoisotopic (exact) mass is 288 g/mol. The summed E-state index contributed by atoms with van der Waals surface area (Å²) in [5.41, 5.74) is 0. The van der Waals surface area contributed by atoms with Gasteiger partial charge in [-0.05, 0) is 36.4 Å². The van der Waals surface area contributed by atoms with Crippen LogP contribution in [-0.2, 0) is 0 Å². The molecule has 2 rings (SSSR count). The molecule has 22 heavy (non-hydrogen) atoms. The Morgan fingerprint density at radius 1 is 0.773 bits per heavy atom. The highest BCUT2D eigenvalue weighted by Crippen LogP contribution is 1.98. The fraction of sp³-hybridized carbons (Fsp3) is 0.111. The Bertz CT molecular complexity index is 637. The molecule has 2 aromatic rings. The number of pyridine rings is 2. The van der Waals surface area contributed by atoms with Gasteiger partial charge in [-0.1, -0.05) is 35.8 Å². The van der Waals surface area contributed by atoms with Crippen LogP contribution in [0.5, 0.6) is 0 Å². The van der Waals surface area contributed by atoms with Crippen molar-refractivity contribution in [1.29, 1.82) is 0 Å². The van der Waals surface area contributed by atoms with Crippen molar-refractivity contribution in [3.63, 3.8) is 0 Å². The first-order chi connectivity index (χ1) is 10.9. The number of hydrogen-bond acceptors (Lipinski definition) is 4. The van der Waals surface area contributed by atoms with Crippen LogP contribution in [0.4, 0.5) is 11.6 Å². The van der Waals surface area contributed by atoms with Crippen LogP contribution in [0.1, 0.15) is 0 Å². The fourth-order valence-corrected chi connectivity index (χ4v) is 1.51. The molecule has 4 heteroatoms. The van der Waals surface area contributed by atoms with Crippen LogP contribution >= 0.6 is 0 Å². The molecule has 0 radical (unpaired) electrons. The summed E-state index contributed by atoms with van der Waals surface area (Å²) in [6, 6.07) is 11.4. The molecule has 0 amide bonds. The maximum atomic E-state index is 4.14. The van der Waals surface area contributed by atoms with Gasteiger partial charge in [-0.25, -0.2) is 9.97 Å². The molecule has 4 nitrogen and oxygen atoms in total. The Labute approximate surface area is 130 Å². The van der Waals surface area contributed by atoms with Gasteiger partial charge in [0.25, 0.3) is 0 Å². The number of anilines is 2. The normalized spacial score (nSPS) is 9.27. The summed E-state index contributed by atoms with van der Waals surface area (Å²) in [6.07, 6.45) is 6.94. The second kappa shape index (κ2) is 9.63. The van der Waals surface area contributed by atoms with Gasteiger partial charge >= 0.3 is 0 Å². The lowest BCUT2D eigenvalue weighted by Crippen LogP contribution is -1.99. The summed E-state index contributed by atoms with van der Waals surface area (Å²) in [6.45, 7) is 1.10. The van der Waals surface area contributed by atoms with Gasteiger partial charge in [0.05, 0.1) is 13.1 Å². The molecule has 0 fully saturated rings. The minimum Gasteiger partial charge on any atom is -0.359 e. The molecule has 0 saturated heterocycles. The molecule has 0 unspecified atom stereocenters. The summed E-state index contributed by atoms with van der Waals surface area (Å²) >= 11 is 0. The van der Waals surface area contributed by atoms with Crippen LogP contribution in [0.2, 0.25) is 0 Å². The predicted molar refractivity (Wildman–Crippen MR) is 90.1 cm³/mol. The minimum atomic E-state index is 0.552. The highest BCUT2D eigenvalue weighted by molar-refractivity contribution is 5.37. The molecule has 2 aromatic heterocycles. The molecule has 0 bridgehead atoms. The highest BCUT2D eigenvalue weighted by Gasteiger charge is 1.86. The zero-order valence-electron chi connectivity index (χ0n) is 12.1. The summed E-state index contributed by atoms with van der Waals surface area (Å²) in [4.78, 5) is 8.28. The standard InChI is InChI=1S/C18H16N4/c1(3-7-13-19-17-11-5-9-15-21-17)2-4-8-14-20-18-12-6-10-16-22-18/h1-2,5-6,9-12,15-16H,13-14H2,(H,19,21)(H,20,22)/b2-1-. The van der Waals surface area contributed by atoms with Crippen LogP contribution in [0.15, 0.2) is 60.9 Å². The number of aromatic nitrogens is 2. The van der Waals surface area contributed by atoms with E-state index in [0.29, 0.717) is 13.1 Å². The maximum Gasteiger partial charge on any atom is 0.126 e. The Morgan fingerprint density at radius 2 is 1.27 bits per heavy atom. The van der Waals surface area contributed by atoms with E-state index in [2.05, 4.69) is 44.3 Å². The first-order valence-electron chi connectivity index (χ1n) is 6.87. The van der Waals surface area contributed by atoms with Crippen LogP contribution in [0.25, 0.3) is 0 Å². The Kier molecular flexibility index (Phi) is 6.63. The van der Waals surface area contributed by atoms with E-state index >= 15 is 0 Å². The Balaban J connectivity index is 1.62. The van der Waals surface area contributed by atoms with Gasteiger partial charge in [0.2, 0.25) is 0 Å². The molecule has 0 saturated carbocycles. The lowest BCUT2D eigenvalue weighted by Gasteiger charge is -1.98. The van der Waals surface area contributed by atoms with E-state index < -0.39 is 0 Å². The summed E-state index contributed by atoms with van der Waals surface area (Å²) < 4.78 is 0. The van der Waals surface area contributed by atoms with Crippen LogP contribution < -0.4 is 10.6 Å². The smallest absolute Gasteiger partial charge is 0.126 e. The lowest BCUT2D eigenvalue weighted by molar-refractivity contribution is 1.24. The average molecular weight is 288 g/mol. The first-order valence-corrected chi connectivity index (χ1v) is 6.87. The molecule has 108 valence electrons. The zero-order valence-corrected chi connectivity index (χ0v) is 12.1. The second-order valence-electron chi connectivity index (χ2n) is 4.11. The van der Waals surface area contributed by atoms with Gasteiger partial charge in [0, 0.05) is 12.4 Å². The number of hydrogen-bond donors (Lipinski definition) is 2. The molecule has 0 aliphatic rings. The largest absolute Gasteiger partial charge is 0.359 e. The molecular weight excluding hydrogens is 272 g/mol. The van der Waals surface area contributed by atoms with Gasteiger partial charge in [-0.15, -0.1) is 0 Å². The van der Waals surface area contributed by atoms with Crippen molar-refractivity contribution in [2.45, 2.75) is 0 Å². The number of allylic oxidation sites excluding steroid dienone is 2. The van der Waals surface area contributed by atoms with Crippen molar-refractivity contribution in [2.24, 2.45) is 0 Å². The van der Waals surface area contributed by atoms with Gasteiger partial charge in [-0.3, -0.25) is 0 Å². The summed E-state index contributed by atoms with van der Waals surface area (Å²) in [5, 5.41) is 6.20. The summed E-state index contributed by atoms with van der Waals surface area (Å²) in [7, 11) is 0. The zero-order chi connectivity index (χ0) is 15.3. The molecule has 0 spiro atoms. The van der Waals surface area contributed by atoms with Gasteiger partial charge in [0.15, 0.2) is 0 Å². The van der Waals surface area contributed by atoms with E-state index in [9.17, 15) is 0 Å². The third kappa shape index (κ3) is 6.27. The third-order valence-corrected chi connectivity index (χ3v) is 2.50. The van der Waals surface area contributed by atoms with Crippen molar-refractivity contribution >= 4 is 11.6 Å². The SMILES string of the molecule is C(#CCNc1ccccn1)/C=C\C#CCNc1ccccn1. The first kappa shape index (κ1) is 15.2. The fourth-order valence-electron chi connectivity index (χ4n) is 1.51. The molecule has 0 aliphatic heterocycles. The van der Waals surface area contributed by atoms with Crippen molar-refractivity contribution in [3.8, 4) is 23.7 Å². The average Bonchev–Trinajstić information content (AvgIpc) is 2.58. The van der Waals surface area contributed by atoms with Crippen LogP contribution in [0, 0.1) is 23.7 Å². The van der Waals surface area contributed by atoms with Gasteiger partial charge in [-0.2, -0.15) is 0 Å². The topological polar surface area (TPSA) is 49.8 Å². The molecule has 2 N–H and O–H groups in total. The van der Waals surface area contributed by atoms with Crippen molar-refractivity contribution in [2.75, 3.05) is 23.7 Å². The summed E-state index contributed by atoms with van der Waals surface area (Å²) in [5.74, 6) is 13.4. The van der Waals surface area contributed by atoms with E-state index in [4.69, 9.17) is 0 Å². The van der Waals surface area contributed by atoms with E-state index in [1.54, 1.807) is 24.5 Å². The van der Waals surface area contributed by atoms with Crippen molar-refractivity contribution in [1.82, 2.24) is 9.97 Å². The van der Waals surface area contributed by atoms with E-state index in [1.807, 2.05) is 36.4 Å². The van der Waals surface area contributed by atoms with Gasteiger partial charge < -0.3 is 10.6 Å². The number of nitrogens with zero attached hydrogens (tertiary/aromatic N) is 2. The highest BCUT2D eigenvalue weighted by atomic mass is 15.0. The molecule has 0 atom stereocenters. The number of rotatable bonds is 4. The second-order valence-corrected chi connectivity index (χ2v) is 4.11. The van der Waals surface area contributed by atoms with E-state index in [0.717, 1.165) is 11.6 Å². The minimum absolute atomic E-state index is 0.552. The van der Waals surface area contributed by atoms with E-state index in [-0.39, 0.29) is 0 Å². The van der Waals surface area contributed by atoms with E-state index in [1.165, 1.54) is 0 Å². The molecule has 0 aromatic carbocycles. The lowest BCUT2D eigenvalue weighted by atomic mass is 10.4. The Hall–Kier alpha value is -3.24. The molecule has 0 aliphatic carbocycles. The molecular formula is C18H16N4. The quantitative estimate of drug-likeness (QED) is 0.849. The molecule has 2 heterocycles. The van der Waals surface area contributed by atoms with Gasteiger partial charge in [0.1, 0.15) is 11.6 Å². The maximum absolute atomic E-state index is 4.14. The third-order valence-electron chi connectivity index (χ3n) is 2.50. The predicted octanol–water partition coefficient (Wildman–Crippen LogP) is 2.56. The van der Waals surface area contributed by atoms with Crippen LogP contribution in [-0.4, -0.2) is 23.1 Å². The van der Waals surface area contributed by atoms with Crippen LogP contribution in [0.3, 0.4) is 0 Å². The Morgan fingerprint density at radius 3 is 1.68 bits per heavy atom. The van der Waals surface area contributed by atoms with Crippen molar-refractivity contribution < 1.29 is 0 Å². The van der Waals surface area contributed by atoms with Crippen molar-refractivity contribution in [3.05, 3.63) is 60.9 Å².